The van der Waals surface area contributed by atoms with Crippen LogP contribution in [0.5, 0.6) is 0 Å². The first-order valence-corrected chi connectivity index (χ1v) is 10.6. The third-order valence-electron chi connectivity index (χ3n) is 4.85. The SMILES string of the molecule is C[C@@H]1CN(Cc2nc(Nc3ccc(C(C)(F)F)s3)c3ccc(F)cc3n2)C[C@H](C)O1. The Balaban J connectivity index is 1.66. The molecule has 0 spiro atoms. The van der Waals surface area contributed by atoms with Crippen molar-refractivity contribution in [2.24, 2.45) is 0 Å². The van der Waals surface area contributed by atoms with Crippen molar-refractivity contribution in [2.45, 2.75) is 45.4 Å². The average Bonchev–Trinajstić information content (AvgIpc) is 3.09. The first-order valence-electron chi connectivity index (χ1n) is 9.76. The predicted molar refractivity (Wildman–Crippen MR) is 112 cm³/mol. The number of nitrogens with one attached hydrogen (secondary N) is 1. The summed E-state index contributed by atoms with van der Waals surface area (Å²) in [5.74, 6) is -2.29. The minimum Gasteiger partial charge on any atom is -0.373 e. The van der Waals surface area contributed by atoms with E-state index in [2.05, 4.69) is 20.2 Å². The van der Waals surface area contributed by atoms with Crippen molar-refractivity contribution in [3.05, 3.63) is 46.9 Å². The van der Waals surface area contributed by atoms with Crippen molar-refractivity contribution >= 4 is 33.1 Å². The normalized spacial score (nSPS) is 20.6. The van der Waals surface area contributed by atoms with Crippen molar-refractivity contribution in [1.29, 1.82) is 0 Å². The Hall–Kier alpha value is -2.23. The number of nitrogens with zero attached hydrogens (tertiary/aromatic N) is 3. The molecule has 160 valence electrons. The number of morpholine rings is 1. The molecule has 0 unspecified atom stereocenters. The van der Waals surface area contributed by atoms with Crippen LogP contribution < -0.4 is 5.32 Å². The quantitative estimate of drug-likeness (QED) is 0.589. The fourth-order valence-electron chi connectivity index (χ4n) is 3.69. The molecule has 30 heavy (non-hydrogen) atoms. The van der Waals surface area contributed by atoms with Gasteiger partial charge in [-0.25, -0.2) is 23.1 Å². The lowest BCUT2D eigenvalue weighted by Crippen LogP contribution is -2.45. The average molecular weight is 437 g/mol. The van der Waals surface area contributed by atoms with Crippen LogP contribution in [0.3, 0.4) is 0 Å². The van der Waals surface area contributed by atoms with E-state index >= 15 is 0 Å². The van der Waals surface area contributed by atoms with Gasteiger partial charge in [0.25, 0.3) is 5.92 Å². The topological polar surface area (TPSA) is 50.3 Å². The van der Waals surface area contributed by atoms with E-state index in [0.29, 0.717) is 34.1 Å². The number of thiophene rings is 1. The molecule has 9 heteroatoms. The van der Waals surface area contributed by atoms with Crippen LogP contribution in [-0.2, 0) is 17.2 Å². The van der Waals surface area contributed by atoms with Gasteiger partial charge in [0.2, 0.25) is 0 Å². The van der Waals surface area contributed by atoms with Gasteiger partial charge in [0, 0.05) is 31.5 Å². The second kappa shape index (κ2) is 8.13. The first kappa shape index (κ1) is 21.0. The van der Waals surface area contributed by atoms with Gasteiger partial charge in [0.05, 0.1) is 34.1 Å². The van der Waals surface area contributed by atoms with Crippen LogP contribution in [0.4, 0.5) is 24.0 Å². The molecule has 3 aromatic rings. The molecule has 1 aromatic carbocycles. The zero-order valence-corrected chi connectivity index (χ0v) is 17.8. The highest BCUT2D eigenvalue weighted by Gasteiger charge is 2.27. The second-order valence-electron chi connectivity index (χ2n) is 7.78. The molecule has 1 aliphatic rings. The summed E-state index contributed by atoms with van der Waals surface area (Å²) in [6.45, 7) is 6.89. The van der Waals surface area contributed by atoms with Crippen molar-refractivity contribution in [1.82, 2.24) is 14.9 Å². The first-order chi connectivity index (χ1) is 14.2. The van der Waals surface area contributed by atoms with E-state index in [9.17, 15) is 13.2 Å². The number of halogens is 3. The van der Waals surface area contributed by atoms with Gasteiger partial charge in [0.1, 0.15) is 17.5 Å². The van der Waals surface area contributed by atoms with Crippen molar-refractivity contribution in [3.8, 4) is 0 Å². The predicted octanol–water partition coefficient (Wildman–Crippen LogP) is 5.29. The third kappa shape index (κ3) is 4.74. The van der Waals surface area contributed by atoms with Crippen LogP contribution in [0, 0.1) is 5.82 Å². The van der Waals surface area contributed by atoms with Crippen LogP contribution in [0.2, 0.25) is 0 Å². The summed E-state index contributed by atoms with van der Waals surface area (Å²) >= 11 is 0.966. The summed E-state index contributed by atoms with van der Waals surface area (Å²) in [6.07, 6.45) is 0.203. The molecule has 5 nitrogen and oxygen atoms in total. The molecule has 0 bridgehead atoms. The number of rotatable bonds is 5. The molecule has 1 aliphatic heterocycles. The van der Waals surface area contributed by atoms with Gasteiger partial charge in [-0.15, -0.1) is 11.3 Å². The Bertz CT molecular complexity index is 1040. The lowest BCUT2D eigenvalue weighted by molar-refractivity contribution is -0.0710. The van der Waals surface area contributed by atoms with E-state index in [-0.39, 0.29) is 17.1 Å². The van der Waals surface area contributed by atoms with Crippen LogP contribution in [-0.4, -0.2) is 40.2 Å². The van der Waals surface area contributed by atoms with Gasteiger partial charge in [-0.2, -0.15) is 0 Å². The van der Waals surface area contributed by atoms with Crippen molar-refractivity contribution in [3.63, 3.8) is 0 Å². The number of benzene rings is 1. The molecule has 2 atom stereocenters. The molecule has 1 saturated heterocycles. The number of alkyl halides is 2. The Morgan fingerprint density at radius 3 is 2.57 bits per heavy atom. The van der Waals surface area contributed by atoms with Gasteiger partial charge >= 0.3 is 0 Å². The van der Waals surface area contributed by atoms with E-state index in [4.69, 9.17) is 4.74 Å². The summed E-state index contributed by atoms with van der Waals surface area (Å²) in [4.78, 5) is 11.3. The van der Waals surface area contributed by atoms with Gasteiger partial charge in [0.15, 0.2) is 0 Å². The Labute approximate surface area is 176 Å². The van der Waals surface area contributed by atoms with Gasteiger partial charge in [-0.1, -0.05) is 0 Å². The zero-order valence-electron chi connectivity index (χ0n) is 17.0. The van der Waals surface area contributed by atoms with E-state index in [1.807, 2.05) is 13.8 Å². The van der Waals surface area contributed by atoms with Crippen molar-refractivity contribution in [2.75, 3.05) is 18.4 Å². The number of hydrogen-bond donors (Lipinski definition) is 1. The Kier molecular flexibility index (Phi) is 5.69. The van der Waals surface area contributed by atoms with Crippen LogP contribution in [0.25, 0.3) is 10.9 Å². The molecule has 3 heterocycles. The summed E-state index contributed by atoms with van der Waals surface area (Å²) < 4.78 is 46.8. The highest BCUT2D eigenvalue weighted by atomic mass is 32.1. The second-order valence-corrected chi connectivity index (χ2v) is 8.86. The number of anilines is 2. The molecular weight excluding hydrogens is 413 g/mol. The maximum Gasteiger partial charge on any atom is 0.279 e. The maximum absolute atomic E-state index is 13.8. The van der Waals surface area contributed by atoms with Crippen molar-refractivity contribution < 1.29 is 17.9 Å². The summed E-state index contributed by atoms with van der Waals surface area (Å²) in [6, 6.07) is 7.28. The van der Waals surface area contributed by atoms with Gasteiger partial charge < -0.3 is 10.1 Å². The largest absolute Gasteiger partial charge is 0.373 e. The van der Waals surface area contributed by atoms with Crippen LogP contribution in [0.1, 0.15) is 31.5 Å². The molecule has 1 N–H and O–H groups in total. The van der Waals surface area contributed by atoms with Gasteiger partial charge in [-0.3, -0.25) is 4.90 Å². The standard InChI is InChI=1S/C21H23F3N4OS/c1-12-9-28(10-13(2)29-12)11-18-25-16-8-14(22)4-5-15(16)20(26-18)27-19-7-6-17(30-19)21(3,23)24/h4-8,12-13H,9-11H2,1-3H3,(H,25,26,27)/t12-,13+. The lowest BCUT2D eigenvalue weighted by Gasteiger charge is -2.34. The monoisotopic (exact) mass is 436 g/mol. The minimum atomic E-state index is -2.91. The van der Waals surface area contributed by atoms with Crippen LogP contribution >= 0.6 is 11.3 Å². The maximum atomic E-state index is 13.8. The fraction of sp³-hybridized carbons (Fsp3) is 0.429. The Morgan fingerprint density at radius 2 is 1.90 bits per heavy atom. The fourth-order valence-corrected chi connectivity index (χ4v) is 4.52. The number of ether oxygens (including phenoxy) is 1. The van der Waals surface area contributed by atoms with Crippen LogP contribution in [0.15, 0.2) is 30.3 Å². The van der Waals surface area contributed by atoms with Gasteiger partial charge in [-0.05, 0) is 38.1 Å². The van der Waals surface area contributed by atoms with E-state index in [0.717, 1.165) is 31.4 Å². The number of fused-ring (bicyclic) bond motifs is 1. The van der Waals surface area contributed by atoms with E-state index < -0.39 is 11.7 Å². The third-order valence-corrected chi connectivity index (χ3v) is 6.02. The number of aromatic nitrogens is 2. The zero-order chi connectivity index (χ0) is 21.5. The Morgan fingerprint density at radius 1 is 1.17 bits per heavy atom. The van der Waals surface area contributed by atoms with E-state index in [1.165, 1.54) is 18.2 Å². The minimum absolute atomic E-state index is 0.0362. The lowest BCUT2D eigenvalue weighted by atomic mass is 10.2. The number of hydrogen-bond acceptors (Lipinski definition) is 6. The highest BCUT2D eigenvalue weighted by molar-refractivity contribution is 7.16. The smallest absolute Gasteiger partial charge is 0.279 e. The molecule has 0 saturated carbocycles. The molecule has 0 amide bonds. The molecule has 1 fully saturated rings. The summed E-state index contributed by atoms with van der Waals surface area (Å²) in [5.41, 5.74) is 0.467. The molecule has 4 rings (SSSR count). The summed E-state index contributed by atoms with van der Waals surface area (Å²) in [5, 5.41) is 4.29. The molecular formula is C21H23F3N4OS. The molecule has 0 radical (unpaired) electrons. The molecule has 0 aliphatic carbocycles. The highest BCUT2D eigenvalue weighted by Crippen LogP contribution is 2.37. The van der Waals surface area contributed by atoms with E-state index in [1.54, 1.807) is 12.1 Å². The summed E-state index contributed by atoms with van der Waals surface area (Å²) in [7, 11) is 0. The molecule has 2 aromatic heterocycles.